The summed E-state index contributed by atoms with van der Waals surface area (Å²) in [5.74, 6) is 0.606. The van der Waals surface area contributed by atoms with E-state index in [9.17, 15) is 9.18 Å². The molecule has 1 heterocycles. The molecular formula is C22H27FN2O. The van der Waals surface area contributed by atoms with Gasteiger partial charge in [0.2, 0.25) is 0 Å². The molecule has 2 aliphatic carbocycles. The predicted octanol–water partition coefficient (Wildman–Crippen LogP) is 5.26. The van der Waals surface area contributed by atoms with Gasteiger partial charge in [0.15, 0.2) is 0 Å². The van der Waals surface area contributed by atoms with Crippen molar-refractivity contribution in [3.63, 3.8) is 0 Å². The number of aryl methyl sites for hydroxylation is 1. The standard InChI is InChI=1S/C22H27FN2O/c1-3-15-4-7-17(8-5-15)25(18-9-10-18)22(26)20-12-14(2)24-21-13-16(23)6-11-19(20)21/h6,11-13,15,17-18H,3-5,7-10H2,1-2H3. The number of nitrogens with zero attached hydrogens (tertiary/aromatic N) is 2. The Morgan fingerprint density at radius 2 is 1.77 bits per heavy atom. The second-order valence-corrected chi connectivity index (χ2v) is 8.00. The van der Waals surface area contributed by atoms with Gasteiger partial charge in [-0.2, -0.15) is 0 Å². The molecule has 0 aliphatic heterocycles. The molecule has 2 aromatic rings. The zero-order valence-corrected chi connectivity index (χ0v) is 15.7. The number of benzene rings is 1. The highest BCUT2D eigenvalue weighted by molar-refractivity contribution is 6.06. The van der Waals surface area contributed by atoms with Crippen LogP contribution >= 0.6 is 0 Å². The molecule has 2 aliphatic rings. The molecule has 0 atom stereocenters. The van der Waals surface area contributed by atoms with Crippen LogP contribution in [0, 0.1) is 18.7 Å². The molecule has 4 rings (SSSR count). The number of amides is 1. The lowest BCUT2D eigenvalue weighted by Gasteiger charge is -2.37. The Bertz CT molecular complexity index is 817. The van der Waals surface area contributed by atoms with Gasteiger partial charge >= 0.3 is 0 Å². The van der Waals surface area contributed by atoms with Gasteiger partial charge in [-0.1, -0.05) is 13.3 Å². The summed E-state index contributed by atoms with van der Waals surface area (Å²) in [7, 11) is 0. The van der Waals surface area contributed by atoms with E-state index in [1.54, 1.807) is 6.07 Å². The number of carbonyl (C=O) groups is 1. The number of halogens is 1. The lowest BCUT2D eigenvalue weighted by molar-refractivity contribution is 0.0589. The summed E-state index contributed by atoms with van der Waals surface area (Å²) in [5, 5.41) is 0.759. The SMILES string of the molecule is CCC1CCC(N(C(=O)c2cc(C)nc3cc(F)ccc23)C2CC2)CC1. The Kier molecular flexibility index (Phi) is 4.68. The molecule has 138 valence electrons. The van der Waals surface area contributed by atoms with E-state index in [4.69, 9.17) is 0 Å². The first kappa shape index (κ1) is 17.4. The third-order valence-corrected chi connectivity index (χ3v) is 6.09. The lowest BCUT2D eigenvalue weighted by Crippen LogP contribution is -2.44. The minimum atomic E-state index is -0.314. The number of rotatable bonds is 4. The van der Waals surface area contributed by atoms with Crippen molar-refractivity contribution in [1.82, 2.24) is 9.88 Å². The van der Waals surface area contributed by atoms with Crippen LogP contribution in [0.25, 0.3) is 10.9 Å². The molecule has 0 spiro atoms. The first-order valence-corrected chi connectivity index (χ1v) is 9.96. The number of aromatic nitrogens is 1. The molecule has 4 heteroatoms. The fraction of sp³-hybridized carbons (Fsp3) is 0.545. The molecule has 3 nitrogen and oxygen atoms in total. The molecule has 1 aromatic carbocycles. The zero-order valence-electron chi connectivity index (χ0n) is 15.7. The van der Waals surface area contributed by atoms with Gasteiger partial charge in [-0.3, -0.25) is 9.78 Å². The molecule has 0 radical (unpaired) electrons. The van der Waals surface area contributed by atoms with Gasteiger partial charge in [0, 0.05) is 29.2 Å². The fourth-order valence-electron chi connectivity index (χ4n) is 4.46. The van der Waals surface area contributed by atoms with E-state index in [2.05, 4.69) is 16.8 Å². The first-order chi connectivity index (χ1) is 12.6. The van der Waals surface area contributed by atoms with E-state index in [0.29, 0.717) is 23.2 Å². The largest absolute Gasteiger partial charge is 0.333 e. The van der Waals surface area contributed by atoms with Crippen LogP contribution in [0.15, 0.2) is 24.3 Å². The van der Waals surface area contributed by atoms with Gasteiger partial charge in [-0.05, 0) is 69.6 Å². The Balaban J connectivity index is 1.68. The highest BCUT2D eigenvalue weighted by Gasteiger charge is 2.39. The van der Waals surface area contributed by atoms with Crippen LogP contribution in [-0.4, -0.2) is 27.9 Å². The molecule has 0 unspecified atom stereocenters. The van der Waals surface area contributed by atoms with Crippen LogP contribution in [0.1, 0.15) is 67.9 Å². The molecule has 0 N–H and O–H groups in total. The summed E-state index contributed by atoms with van der Waals surface area (Å²) in [6, 6.07) is 7.15. The fourth-order valence-corrected chi connectivity index (χ4v) is 4.46. The van der Waals surface area contributed by atoms with Crippen LogP contribution in [0.4, 0.5) is 4.39 Å². The lowest BCUT2D eigenvalue weighted by atomic mass is 9.83. The van der Waals surface area contributed by atoms with Crippen LogP contribution in [0.3, 0.4) is 0 Å². The van der Waals surface area contributed by atoms with Crippen molar-refractivity contribution in [1.29, 1.82) is 0 Å². The molecule has 2 saturated carbocycles. The number of carbonyl (C=O) groups excluding carboxylic acids is 1. The quantitative estimate of drug-likeness (QED) is 0.751. The predicted molar refractivity (Wildman–Crippen MR) is 102 cm³/mol. The number of pyridine rings is 1. The van der Waals surface area contributed by atoms with E-state index in [1.807, 2.05) is 13.0 Å². The van der Waals surface area contributed by atoms with Gasteiger partial charge in [0.05, 0.1) is 11.1 Å². The van der Waals surface area contributed by atoms with Crippen LogP contribution < -0.4 is 0 Å². The van der Waals surface area contributed by atoms with Crippen molar-refractivity contribution in [2.75, 3.05) is 0 Å². The van der Waals surface area contributed by atoms with Crippen molar-refractivity contribution in [2.24, 2.45) is 5.92 Å². The maximum absolute atomic E-state index is 13.6. The van der Waals surface area contributed by atoms with E-state index in [-0.39, 0.29) is 11.7 Å². The van der Waals surface area contributed by atoms with E-state index in [1.165, 1.54) is 31.4 Å². The van der Waals surface area contributed by atoms with E-state index < -0.39 is 0 Å². The third kappa shape index (κ3) is 3.34. The van der Waals surface area contributed by atoms with Crippen molar-refractivity contribution in [3.8, 4) is 0 Å². The minimum Gasteiger partial charge on any atom is -0.333 e. The highest BCUT2D eigenvalue weighted by atomic mass is 19.1. The van der Waals surface area contributed by atoms with Gasteiger partial charge < -0.3 is 4.90 Å². The number of hydrogen-bond donors (Lipinski definition) is 0. The van der Waals surface area contributed by atoms with Crippen molar-refractivity contribution < 1.29 is 9.18 Å². The van der Waals surface area contributed by atoms with Crippen LogP contribution in [0.2, 0.25) is 0 Å². The van der Waals surface area contributed by atoms with Gasteiger partial charge in [-0.15, -0.1) is 0 Å². The second-order valence-electron chi connectivity index (χ2n) is 8.00. The smallest absolute Gasteiger partial charge is 0.255 e. The van der Waals surface area contributed by atoms with E-state index in [0.717, 1.165) is 42.7 Å². The summed E-state index contributed by atoms with van der Waals surface area (Å²) in [6.07, 6.45) is 8.11. The number of hydrogen-bond acceptors (Lipinski definition) is 2. The van der Waals surface area contributed by atoms with Crippen molar-refractivity contribution in [2.45, 2.75) is 70.9 Å². The number of fused-ring (bicyclic) bond motifs is 1. The molecule has 0 bridgehead atoms. The summed E-state index contributed by atoms with van der Waals surface area (Å²) in [5.41, 5.74) is 2.01. The molecular weight excluding hydrogens is 327 g/mol. The van der Waals surface area contributed by atoms with Crippen molar-refractivity contribution in [3.05, 3.63) is 41.3 Å². The Labute approximate surface area is 154 Å². The Hall–Kier alpha value is -1.97. The highest BCUT2D eigenvalue weighted by Crippen LogP contribution is 2.37. The van der Waals surface area contributed by atoms with Crippen LogP contribution in [-0.2, 0) is 0 Å². The minimum absolute atomic E-state index is 0.106. The van der Waals surface area contributed by atoms with Crippen LogP contribution in [0.5, 0.6) is 0 Å². The topological polar surface area (TPSA) is 33.2 Å². The summed E-state index contributed by atoms with van der Waals surface area (Å²) in [4.78, 5) is 20.1. The summed E-state index contributed by atoms with van der Waals surface area (Å²) >= 11 is 0. The molecule has 1 aromatic heterocycles. The Morgan fingerprint density at radius 3 is 2.38 bits per heavy atom. The summed E-state index contributed by atoms with van der Waals surface area (Å²) in [6.45, 7) is 4.13. The normalized spacial score (nSPS) is 23.2. The molecule has 0 saturated heterocycles. The second kappa shape index (κ2) is 6.98. The maximum Gasteiger partial charge on any atom is 0.255 e. The maximum atomic E-state index is 13.6. The zero-order chi connectivity index (χ0) is 18.3. The Morgan fingerprint density at radius 1 is 1.12 bits per heavy atom. The molecule has 1 amide bonds. The van der Waals surface area contributed by atoms with Gasteiger partial charge in [0.25, 0.3) is 5.91 Å². The average Bonchev–Trinajstić information content (AvgIpc) is 3.46. The van der Waals surface area contributed by atoms with Gasteiger partial charge in [0.1, 0.15) is 5.82 Å². The molecule has 2 fully saturated rings. The van der Waals surface area contributed by atoms with E-state index >= 15 is 0 Å². The summed E-state index contributed by atoms with van der Waals surface area (Å²) < 4.78 is 13.6. The van der Waals surface area contributed by atoms with Gasteiger partial charge in [-0.25, -0.2) is 4.39 Å². The average molecular weight is 354 g/mol. The van der Waals surface area contributed by atoms with Crippen molar-refractivity contribution >= 4 is 16.8 Å². The third-order valence-electron chi connectivity index (χ3n) is 6.09. The monoisotopic (exact) mass is 354 g/mol. The molecule has 26 heavy (non-hydrogen) atoms. The first-order valence-electron chi connectivity index (χ1n) is 9.96.